The lowest BCUT2D eigenvalue weighted by molar-refractivity contribution is 0.544. The highest BCUT2D eigenvalue weighted by atomic mass is 127. The van der Waals surface area contributed by atoms with E-state index in [1.54, 1.807) is 0 Å². The van der Waals surface area contributed by atoms with Crippen molar-refractivity contribution < 1.29 is 0 Å². The molecule has 2 aromatic heterocycles. The number of alkyl halides is 1. The first-order valence-electron chi connectivity index (χ1n) is 7.25. The Hall–Kier alpha value is -1.38. The van der Waals surface area contributed by atoms with Crippen LogP contribution in [0, 0.1) is 5.92 Å². The van der Waals surface area contributed by atoms with Crippen LogP contribution in [0.4, 0.5) is 11.8 Å². The van der Waals surface area contributed by atoms with Crippen molar-refractivity contribution in [3.05, 3.63) is 18.5 Å². The second kappa shape index (κ2) is 5.11. The van der Waals surface area contributed by atoms with Crippen molar-refractivity contribution in [2.75, 3.05) is 15.5 Å². The predicted molar refractivity (Wildman–Crippen MR) is 91.6 cm³/mol. The quantitative estimate of drug-likeness (QED) is 0.472. The summed E-state index contributed by atoms with van der Waals surface area (Å²) in [4.78, 5) is 13.2. The fourth-order valence-corrected chi connectivity index (χ4v) is 3.42. The predicted octanol–water partition coefficient (Wildman–Crippen LogP) is 2.54. The minimum absolute atomic E-state index is 0.305. The Kier molecular flexibility index (Phi) is 3.24. The van der Waals surface area contributed by atoms with Crippen LogP contribution in [0.15, 0.2) is 18.5 Å². The minimum Gasteiger partial charge on any atom is -0.368 e. The molecular weight excluding hydrogens is 379 g/mol. The Balaban J connectivity index is 1.73. The van der Waals surface area contributed by atoms with Gasteiger partial charge in [0, 0.05) is 10.5 Å². The van der Waals surface area contributed by atoms with Crippen molar-refractivity contribution in [2.24, 2.45) is 5.92 Å². The third kappa shape index (κ3) is 2.47. The normalized spacial score (nSPS) is 24.8. The molecule has 0 unspecified atom stereocenters. The van der Waals surface area contributed by atoms with Gasteiger partial charge in [0.15, 0.2) is 17.0 Å². The van der Waals surface area contributed by atoms with Crippen LogP contribution >= 0.6 is 22.6 Å². The van der Waals surface area contributed by atoms with Gasteiger partial charge in [0.1, 0.15) is 0 Å². The van der Waals surface area contributed by atoms with E-state index in [1.807, 2.05) is 6.33 Å². The zero-order valence-corrected chi connectivity index (χ0v) is 13.7. The van der Waals surface area contributed by atoms with Crippen molar-refractivity contribution in [1.29, 1.82) is 0 Å². The fraction of sp³-hybridized carbons (Fsp3) is 0.500. The molecule has 3 N–H and O–H groups in total. The van der Waals surface area contributed by atoms with Gasteiger partial charge in [-0.1, -0.05) is 34.7 Å². The van der Waals surface area contributed by atoms with Gasteiger partial charge in [0.05, 0.1) is 12.4 Å². The molecular formula is C14H17IN6. The van der Waals surface area contributed by atoms with Crippen molar-refractivity contribution >= 4 is 45.5 Å². The van der Waals surface area contributed by atoms with E-state index in [0.29, 0.717) is 23.9 Å². The average molecular weight is 396 g/mol. The highest BCUT2D eigenvalue weighted by Gasteiger charge is 2.26. The number of nitrogens with zero attached hydrogens (tertiary/aromatic N) is 4. The number of halogens is 1. The standard InChI is InChI=1S/C14H17IN6/c15-6-8-1-4-10(5-8)21-7-17-11-12(18-9-2-3-9)19-14(16)20-13(11)21/h1,4,7-10H,2-3,5-6H2,(H3,16,18,19,20)/t8-,10+/m1/s1. The molecule has 2 heterocycles. The lowest BCUT2D eigenvalue weighted by atomic mass is 10.1. The molecule has 0 radical (unpaired) electrons. The summed E-state index contributed by atoms with van der Waals surface area (Å²) in [5.74, 6) is 1.71. The molecule has 1 fully saturated rings. The number of nitrogen functional groups attached to an aromatic ring is 1. The summed E-state index contributed by atoms with van der Waals surface area (Å²) in [6.07, 6.45) is 9.88. The summed E-state index contributed by atoms with van der Waals surface area (Å²) < 4.78 is 3.26. The van der Waals surface area contributed by atoms with Crippen LogP contribution in [0.5, 0.6) is 0 Å². The number of rotatable bonds is 4. The highest BCUT2D eigenvalue weighted by Crippen LogP contribution is 2.33. The van der Waals surface area contributed by atoms with Gasteiger partial charge in [-0.3, -0.25) is 0 Å². The van der Waals surface area contributed by atoms with Crippen LogP contribution in [-0.4, -0.2) is 30.0 Å². The van der Waals surface area contributed by atoms with Gasteiger partial charge in [-0.2, -0.15) is 9.97 Å². The maximum atomic E-state index is 5.88. The summed E-state index contributed by atoms with van der Waals surface area (Å²) >= 11 is 2.43. The van der Waals surface area contributed by atoms with Crippen LogP contribution in [0.1, 0.15) is 25.3 Å². The van der Waals surface area contributed by atoms with Crippen molar-refractivity contribution in [2.45, 2.75) is 31.3 Å². The van der Waals surface area contributed by atoms with E-state index in [0.717, 1.165) is 27.8 Å². The van der Waals surface area contributed by atoms with E-state index in [1.165, 1.54) is 12.8 Å². The number of aromatic nitrogens is 4. The molecule has 0 aromatic carbocycles. The summed E-state index contributed by atoms with van der Waals surface area (Å²) in [6.45, 7) is 0. The molecule has 6 nitrogen and oxygen atoms in total. The molecule has 0 spiro atoms. The first-order valence-corrected chi connectivity index (χ1v) is 8.78. The molecule has 0 saturated heterocycles. The van der Waals surface area contributed by atoms with E-state index in [9.17, 15) is 0 Å². The molecule has 0 aliphatic heterocycles. The molecule has 7 heteroatoms. The third-order valence-electron chi connectivity index (χ3n) is 4.06. The van der Waals surface area contributed by atoms with E-state index in [2.05, 4.69) is 59.6 Å². The zero-order chi connectivity index (χ0) is 14.4. The molecule has 1 saturated carbocycles. The first kappa shape index (κ1) is 13.3. The number of hydrogen-bond donors (Lipinski definition) is 2. The van der Waals surface area contributed by atoms with Crippen molar-refractivity contribution in [3.63, 3.8) is 0 Å². The number of fused-ring (bicyclic) bond motifs is 1. The Bertz CT molecular complexity index is 705. The second-order valence-electron chi connectivity index (χ2n) is 5.78. The summed E-state index contributed by atoms with van der Waals surface area (Å²) in [6, 6.07) is 0.834. The van der Waals surface area contributed by atoms with Crippen LogP contribution in [0.2, 0.25) is 0 Å². The average Bonchev–Trinajstić information content (AvgIpc) is 3.01. The Labute approximate surface area is 136 Å². The molecule has 2 aliphatic rings. The Morgan fingerprint density at radius 2 is 2.19 bits per heavy atom. The van der Waals surface area contributed by atoms with E-state index < -0.39 is 0 Å². The van der Waals surface area contributed by atoms with Crippen molar-refractivity contribution in [1.82, 2.24) is 19.5 Å². The molecule has 4 rings (SSSR count). The number of nitrogens with one attached hydrogen (secondary N) is 1. The maximum Gasteiger partial charge on any atom is 0.224 e. The lowest BCUT2D eigenvalue weighted by Crippen LogP contribution is -2.10. The molecule has 2 aliphatic carbocycles. The summed E-state index contributed by atoms with van der Waals surface area (Å²) in [5.41, 5.74) is 7.53. The monoisotopic (exact) mass is 396 g/mol. The van der Waals surface area contributed by atoms with E-state index in [4.69, 9.17) is 5.73 Å². The number of imidazole rings is 1. The minimum atomic E-state index is 0.305. The molecule has 0 bridgehead atoms. The fourth-order valence-electron chi connectivity index (χ4n) is 2.77. The molecule has 2 aromatic rings. The molecule has 0 amide bonds. The topological polar surface area (TPSA) is 81.6 Å². The van der Waals surface area contributed by atoms with E-state index in [-0.39, 0.29) is 0 Å². The van der Waals surface area contributed by atoms with Crippen molar-refractivity contribution in [3.8, 4) is 0 Å². The van der Waals surface area contributed by atoms with Crippen LogP contribution < -0.4 is 11.1 Å². The van der Waals surface area contributed by atoms with Gasteiger partial charge in [0.2, 0.25) is 5.95 Å². The van der Waals surface area contributed by atoms with Gasteiger partial charge in [0.25, 0.3) is 0 Å². The number of allylic oxidation sites excluding steroid dienone is 2. The number of anilines is 2. The van der Waals surface area contributed by atoms with Gasteiger partial charge < -0.3 is 15.6 Å². The summed E-state index contributed by atoms with van der Waals surface area (Å²) in [5, 5.41) is 3.40. The first-order chi connectivity index (χ1) is 10.2. The van der Waals surface area contributed by atoms with Gasteiger partial charge in [-0.25, -0.2) is 4.98 Å². The third-order valence-corrected chi connectivity index (χ3v) is 5.19. The van der Waals surface area contributed by atoms with Crippen LogP contribution in [0.3, 0.4) is 0 Å². The summed E-state index contributed by atoms with van der Waals surface area (Å²) in [7, 11) is 0. The van der Waals surface area contributed by atoms with Gasteiger partial charge in [-0.05, 0) is 25.2 Å². The SMILES string of the molecule is Nc1nc(NC2CC2)c2ncn([C@H]3C=C[C@@H](CI)C3)c2n1. The second-order valence-corrected chi connectivity index (χ2v) is 6.66. The smallest absolute Gasteiger partial charge is 0.224 e. The Morgan fingerprint density at radius 1 is 1.33 bits per heavy atom. The largest absolute Gasteiger partial charge is 0.368 e. The lowest BCUT2D eigenvalue weighted by Gasteiger charge is -2.13. The van der Waals surface area contributed by atoms with Crippen LogP contribution in [0.25, 0.3) is 11.2 Å². The number of nitrogens with two attached hydrogens (primary N) is 1. The number of hydrogen-bond acceptors (Lipinski definition) is 5. The molecule has 110 valence electrons. The zero-order valence-electron chi connectivity index (χ0n) is 11.5. The molecule has 2 atom stereocenters. The van der Waals surface area contributed by atoms with Gasteiger partial charge in [-0.15, -0.1) is 0 Å². The van der Waals surface area contributed by atoms with E-state index >= 15 is 0 Å². The maximum absolute atomic E-state index is 5.88. The molecule has 21 heavy (non-hydrogen) atoms. The Morgan fingerprint density at radius 3 is 2.90 bits per heavy atom. The van der Waals surface area contributed by atoms with Crippen LogP contribution in [-0.2, 0) is 0 Å². The highest BCUT2D eigenvalue weighted by molar-refractivity contribution is 14.1. The van der Waals surface area contributed by atoms with Gasteiger partial charge >= 0.3 is 0 Å².